The molecule has 2 aliphatic heterocycles. The summed E-state index contributed by atoms with van der Waals surface area (Å²) in [5, 5.41) is 5.43. The number of fused-ring (bicyclic) bond motifs is 7. The highest BCUT2D eigenvalue weighted by Crippen LogP contribution is 2.39. The summed E-state index contributed by atoms with van der Waals surface area (Å²) in [7, 11) is 2.07. The van der Waals surface area contributed by atoms with Gasteiger partial charge in [-0.2, -0.15) is 0 Å². The van der Waals surface area contributed by atoms with Gasteiger partial charge in [-0.1, -0.05) is 48.0 Å². The molecule has 3 heteroatoms. The lowest BCUT2D eigenvalue weighted by Crippen LogP contribution is -1.95. The zero-order valence-electron chi connectivity index (χ0n) is 12.5. The predicted octanol–water partition coefficient (Wildman–Crippen LogP) is 5.64. The standard InChI is InChI=1S/C20H13ClN2/c1-23-11-17-15-8-6-12-4-2-3-5-14(12)19(15)22-20(17)16-10-13(21)7-9-18(16)23/h2-11H,1H3. The molecule has 0 unspecified atom stereocenters. The van der Waals surface area contributed by atoms with Crippen LogP contribution in [0.4, 0.5) is 0 Å². The number of pyridine rings is 1. The molecule has 0 spiro atoms. The first-order chi connectivity index (χ1) is 11.2. The number of aryl methyl sites for hydroxylation is 1. The lowest BCUT2D eigenvalue weighted by molar-refractivity contribution is 0.955. The number of rotatable bonds is 0. The van der Waals surface area contributed by atoms with Crippen molar-refractivity contribution in [1.82, 2.24) is 9.55 Å². The van der Waals surface area contributed by atoms with Gasteiger partial charge in [-0.3, -0.25) is 0 Å². The molecule has 0 amide bonds. The van der Waals surface area contributed by atoms with Gasteiger partial charge in [-0.15, -0.1) is 0 Å². The molecule has 0 radical (unpaired) electrons. The van der Waals surface area contributed by atoms with Crippen LogP contribution in [0.2, 0.25) is 5.02 Å². The van der Waals surface area contributed by atoms with Gasteiger partial charge >= 0.3 is 0 Å². The molecule has 0 saturated carbocycles. The predicted molar refractivity (Wildman–Crippen MR) is 97.4 cm³/mol. The highest BCUT2D eigenvalue weighted by Gasteiger charge is 2.18. The van der Waals surface area contributed by atoms with Crippen LogP contribution < -0.4 is 0 Å². The monoisotopic (exact) mass is 316 g/mol. The van der Waals surface area contributed by atoms with Crippen LogP contribution in [-0.4, -0.2) is 9.55 Å². The second-order valence-corrected chi connectivity index (χ2v) is 6.39. The van der Waals surface area contributed by atoms with E-state index >= 15 is 0 Å². The maximum absolute atomic E-state index is 6.23. The molecule has 2 aliphatic rings. The molecule has 0 N–H and O–H groups in total. The van der Waals surface area contributed by atoms with Gasteiger partial charge < -0.3 is 4.57 Å². The van der Waals surface area contributed by atoms with Gasteiger partial charge in [0.1, 0.15) is 0 Å². The third-order valence-electron chi connectivity index (χ3n) is 4.59. The minimum Gasteiger partial charge on any atom is -0.350 e. The molecule has 110 valence electrons. The Kier molecular flexibility index (Phi) is 2.51. The molecule has 5 rings (SSSR count). The minimum atomic E-state index is 0.738. The summed E-state index contributed by atoms with van der Waals surface area (Å²) in [6, 6.07) is 18.7. The molecule has 2 nitrogen and oxygen atoms in total. The van der Waals surface area contributed by atoms with E-state index in [9.17, 15) is 0 Å². The Morgan fingerprint density at radius 3 is 2.70 bits per heavy atom. The fourth-order valence-electron chi connectivity index (χ4n) is 3.50. The van der Waals surface area contributed by atoms with Crippen molar-refractivity contribution >= 4 is 44.2 Å². The van der Waals surface area contributed by atoms with Gasteiger partial charge in [0.15, 0.2) is 0 Å². The van der Waals surface area contributed by atoms with Crippen LogP contribution in [0, 0.1) is 0 Å². The van der Waals surface area contributed by atoms with Crippen molar-refractivity contribution in [1.29, 1.82) is 0 Å². The third kappa shape index (κ3) is 1.73. The molecule has 0 bridgehead atoms. The molecular formula is C20H13ClN2. The van der Waals surface area contributed by atoms with Crippen LogP contribution >= 0.6 is 11.6 Å². The van der Waals surface area contributed by atoms with E-state index in [-0.39, 0.29) is 0 Å². The third-order valence-corrected chi connectivity index (χ3v) is 4.82. The Morgan fingerprint density at radius 1 is 0.913 bits per heavy atom. The van der Waals surface area contributed by atoms with Crippen molar-refractivity contribution in [3.05, 3.63) is 65.8 Å². The van der Waals surface area contributed by atoms with Crippen LogP contribution in [0.3, 0.4) is 0 Å². The Bertz CT molecular complexity index is 1190. The summed E-state index contributed by atoms with van der Waals surface area (Å²) in [5.41, 5.74) is 4.38. The summed E-state index contributed by atoms with van der Waals surface area (Å²) in [5.74, 6) is 0. The van der Waals surface area contributed by atoms with Gasteiger partial charge in [0.25, 0.3) is 0 Å². The number of benzene rings is 3. The van der Waals surface area contributed by atoms with Gasteiger partial charge in [-0.25, -0.2) is 4.98 Å². The van der Waals surface area contributed by atoms with E-state index in [1.807, 2.05) is 12.1 Å². The van der Waals surface area contributed by atoms with Gasteiger partial charge in [0.2, 0.25) is 0 Å². The van der Waals surface area contributed by atoms with Crippen molar-refractivity contribution in [3.8, 4) is 11.3 Å². The summed E-state index contributed by atoms with van der Waals surface area (Å²) >= 11 is 6.23. The van der Waals surface area contributed by atoms with Crippen LogP contribution in [0.25, 0.3) is 43.8 Å². The molecule has 3 aromatic carbocycles. The Balaban J connectivity index is 2.06. The van der Waals surface area contributed by atoms with E-state index < -0.39 is 0 Å². The van der Waals surface area contributed by atoms with E-state index in [0.717, 1.165) is 27.1 Å². The highest BCUT2D eigenvalue weighted by atomic mass is 35.5. The number of aromatic nitrogens is 2. The zero-order chi connectivity index (χ0) is 15.6. The maximum Gasteiger partial charge on any atom is 0.0825 e. The fraction of sp³-hybridized carbons (Fsp3) is 0.0500. The molecule has 23 heavy (non-hydrogen) atoms. The van der Waals surface area contributed by atoms with E-state index in [2.05, 4.69) is 60.3 Å². The van der Waals surface area contributed by atoms with E-state index in [0.29, 0.717) is 0 Å². The first-order valence-corrected chi connectivity index (χ1v) is 7.96. The SMILES string of the molecule is Cn1cc2c3ccc4ccccc4c3nc-2c2cc(Cl)ccc21. The topological polar surface area (TPSA) is 17.8 Å². The lowest BCUT2D eigenvalue weighted by atomic mass is 10.0. The first kappa shape index (κ1) is 12.9. The molecule has 0 saturated heterocycles. The van der Waals surface area contributed by atoms with Crippen molar-refractivity contribution in [2.45, 2.75) is 0 Å². The highest BCUT2D eigenvalue weighted by molar-refractivity contribution is 6.31. The Hall–Kier alpha value is -2.58. The van der Waals surface area contributed by atoms with Crippen LogP contribution in [0.1, 0.15) is 0 Å². The van der Waals surface area contributed by atoms with E-state index in [4.69, 9.17) is 16.6 Å². The van der Waals surface area contributed by atoms with Crippen molar-refractivity contribution in [3.63, 3.8) is 0 Å². The fourth-order valence-corrected chi connectivity index (χ4v) is 3.67. The average Bonchev–Trinajstić information content (AvgIpc) is 2.94. The van der Waals surface area contributed by atoms with Gasteiger partial charge in [-0.05, 0) is 23.6 Å². The Morgan fingerprint density at radius 2 is 1.78 bits per heavy atom. The smallest absolute Gasteiger partial charge is 0.0825 e. The molecular weight excluding hydrogens is 304 g/mol. The molecule has 0 aliphatic carbocycles. The molecule has 0 aromatic heterocycles. The largest absolute Gasteiger partial charge is 0.350 e. The Labute approximate surface area is 138 Å². The molecule has 3 aromatic rings. The van der Waals surface area contributed by atoms with Gasteiger partial charge in [0.05, 0.1) is 11.2 Å². The van der Waals surface area contributed by atoms with Gasteiger partial charge in [0, 0.05) is 45.5 Å². The maximum atomic E-state index is 6.23. The quantitative estimate of drug-likeness (QED) is 0.361. The van der Waals surface area contributed by atoms with Crippen LogP contribution in [-0.2, 0) is 7.05 Å². The number of hydrogen-bond acceptors (Lipinski definition) is 1. The summed E-state index contributed by atoms with van der Waals surface area (Å²) in [4.78, 5) is 4.98. The number of hydrogen-bond donors (Lipinski definition) is 0. The molecule has 0 fully saturated rings. The second kappa shape index (κ2) is 4.46. The lowest BCUT2D eigenvalue weighted by Gasteiger charge is -2.10. The second-order valence-electron chi connectivity index (χ2n) is 5.96. The normalized spacial score (nSPS) is 11.9. The average molecular weight is 317 g/mol. The molecule has 0 atom stereocenters. The molecule has 2 heterocycles. The summed E-state index contributed by atoms with van der Waals surface area (Å²) in [6.07, 6.45) is 2.16. The van der Waals surface area contributed by atoms with Crippen molar-refractivity contribution in [2.24, 2.45) is 7.05 Å². The minimum absolute atomic E-state index is 0.738. The van der Waals surface area contributed by atoms with E-state index in [1.54, 1.807) is 0 Å². The van der Waals surface area contributed by atoms with Crippen LogP contribution in [0.15, 0.2) is 60.8 Å². The number of nitrogens with zero attached hydrogens (tertiary/aromatic N) is 2. The van der Waals surface area contributed by atoms with Crippen LogP contribution in [0.5, 0.6) is 0 Å². The van der Waals surface area contributed by atoms with Crippen molar-refractivity contribution in [2.75, 3.05) is 0 Å². The van der Waals surface area contributed by atoms with Crippen molar-refractivity contribution < 1.29 is 0 Å². The summed E-state index contributed by atoms with van der Waals surface area (Å²) in [6.45, 7) is 0. The van der Waals surface area contributed by atoms with E-state index in [1.165, 1.54) is 21.7 Å². The zero-order valence-corrected chi connectivity index (χ0v) is 13.3. The number of halogens is 1. The summed E-state index contributed by atoms with van der Waals surface area (Å²) < 4.78 is 2.14. The first-order valence-electron chi connectivity index (χ1n) is 7.58.